The topological polar surface area (TPSA) is 43.4 Å². The number of hydrogen-bond donors (Lipinski definition) is 0. The van der Waals surface area contributed by atoms with Gasteiger partial charge in [-0.2, -0.15) is 0 Å². The van der Waals surface area contributed by atoms with Crippen molar-refractivity contribution in [2.75, 3.05) is 7.11 Å². The fourth-order valence-electron chi connectivity index (χ4n) is 1.68. The third-order valence-corrected chi connectivity index (χ3v) is 2.55. The van der Waals surface area contributed by atoms with E-state index in [1.54, 1.807) is 6.08 Å². The lowest BCUT2D eigenvalue weighted by molar-refractivity contribution is -0.137. The largest absolute Gasteiger partial charge is 0.466 e. The Morgan fingerprint density at radius 1 is 1.22 bits per heavy atom. The number of allylic oxidation sites excluding steroid dienone is 1. The van der Waals surface area contributed by atoms with Gasteiger partial charge in [-0.1, -0.05) is 36.4 Å². The van der Waals surface area contributed by atoms with Crippen molar-refractivity contribution in [3.05, 3.63) is 47.5 Å². The monoisotopic (exact) mass is 246 g/mol. The summed E-state index contributed by atoms with van der Waals surface area (Å²) in [6.07, 6.45) is 3.50. The van der Waals surface area contributed by atoms with Crippen LogP contribution in [0.15, 0.2) is 42.0 Å². The van der Waals surface area contributed by atoms with E-state index < -0.39 is 5.97 Å². The van der Waals surface area contributed by atoms with Crippen LogP contribution >= 0.6 is 0 Å². The number of rotatable bonds is 6. The average molecular weight is 246 g/mol. The van der Waals surface area contributed by atoms with E-state index in [0.717, 1.165) is 12.8 Å². The molecule has 0 saturated carbocycles. The highest BCUT2D eigenvalue weighted by Gasteiger charge is 2.11. The minimum Gasteiger partial charge on any atom is -0.466 e. The molecule has 0 spiro atoms. The maximum absolute atomic E-state index is 11.4. The van der Waals surface area contributed by atoms with Gasteiger partial charge in [-0.25, -0.2) is 4.79 Å². The molecule has 0 aliphatic heterocycles. The van der Waals surface area contributed by atoms with Crippen LogP contribution < -0.4 is 0 Å². The van der Waals surface area contributed by atoms with E-state index in [9.17, 15) is 9.59 Å². The number of hydrogen-bond acceptors (Lipinski definition) is 3. The molecule has 3 heteroatoms. The Bertz CT molecular complexity index is 432. The van der Waals surface area contributed by atoms with E-state index in [1.807, 2.05) is 30.3 Å². The molecular formula is C15H18O3. The Morgan fingerprint density at radius 2 is 1.89 bits per heavy atom. The summed E-state index contributed by atoms with van der Waals surface area (Å²) < 4.78 is 4.66. The Hall–Kier alpha value is -1.90. The quantitative estimate of drug-likeness (QED) is 0.572. The van der Waals surface area contributed by atoms with Crippen LogP contribution in [0.5, 0.6) is 0 Å². The Balaban J connectivity index is 2.60. The molecule has 18 heavy (non-hydrogen) atoms. The molecular weight excluding hydrogens is 228 g/mol. The van der Waals surface area contributed by atoms with Gasteiger partial charge >= 0.3 is 5.97 Å². The molecule has 0 saturated heterocycles. The first-order valence-electron chi connectivity index (χ1n) is 5.94. The highest BCUT2D eigenvalue weighted by Crippen LogP contribution is 2.09. The molecule has 1 rings (SSSR count). The molecule has 0 heterocycles. The molecule has 1 aromatic carbocycles. The fraction of sp³-hybridized carbons (Fsp3) is 0.333. The van der Waals surface area contributed by atoms with Gasteiger partial charge in [0.25, 0.3) is 0 Å². The van der Waals surface area contributed by atoms with E-state index in [2.05, 4.69) is 4.74 Å². The van der Waals surface area contributed by atoms with Crippen molar-refractivity contribution < 1.29 is 14.3 Å². The van der Waals surface area contributed by atoms with Gasteiger partial charge in [0.1, 0.15) is 5.78 Å². The minimum absolute atomic E-state index is 0.0358. The maximum Gasteiger partial charge on any atom is 0.333 e. The first kappa shape index (κ1) is 14.2. The number of ketones is 1. The summed E-state index contributed by atoms with van der Waals surface area (Å²) in [6.45, 7) is 1.47. The second kappa shape index (κ2) is 7.43. The van der Waals surface area contributed by atoms with Crippen LogP contribution in [0.3, 0.4) is 0 Å². The summed E-state index contributed by atoms with van der Waals surface area (Å²) in [4.78, 5) is 22.5. The summed E-state index contributed by atoms with van der Waals surface area (Å²) in [7, 11) is 1.33. The van der Waals surface area contributed by atoms with E-state index in [4.69, 9.17) is 0 Å². The predicted octanol–water partition coefficient (Wildman–Crippen LogP) is 2.70. The number of ether oxygens (including phenoxy) is 1. The minimum atomic E-state index is -0.418. The van der Waals surface area contributed by atoms with Crippen LogP contribution in [0.4, 0.5) is 0 Å². The second-order valence-electron chi connectivity index (χ2n) is 4.12. The van der Waals surface area contributed by atoms with E-state index in [-0.39, 0.29) is 12.2 Å². The highest BCUT2D eigenvalue weighted by molar-refractivity contribution is 5.95. The number of benzene rings is 1. The van der Waals surface area contributed by atoms with Crippen molar-refractivity contribution in [3.8, 4) is 0 Å². The maximum atomic E-state index is 11.4. The Morgan fingerprint density at radius 3 is 2.44 bits per heavy atom. The van der Waals surface area contributed by atoms with Crippen LogP contribution in [0, 0.1) is 0 Å². The molecule has 0 aliphatic rings. The number of esters is 1. The lowest BCUT2D eigenvalue weighted by Crippen LogP contribution is -2.08. The molecule has 0 aliphatic carbocycles. The van der Waals surface area contributed by atoms with Gasteiger partial charge in [-0.05, 0) is 25.3 Å². The van der Waals surface area contributed by atoms with Gasteiger partial charge in [0.2, 0.25) is 0 Å². The average Bonchev–Trinajstić information content (AvgIpc) is 2.37. The predicted molar refractivity (Wildman–Crippen MR) is 70.2 cm³/mol. The molecule has 0 N–H and O–H groups in total. The smallest absolute Gasteiger partial charge is 0.333 e. The van der Waals surface area contributed by atoms with Gasteiger partial charge in [0.15, 0.2) is 0 Å². The number of carbonyl (C=O) groups is 2. The zero-order valence-corrected chi connectivity index (χ0v) is 10.8. The van der Waals surface area contributed by atoms with E-state index >= 15 is 0 Å². The van der Waals surface area contributed by atoms with Crippen molar-refractivity contribution in [2.45, 2.75) is 26.2 Å². The normalized spacial score (nSPS) is 11.1. The summed E-state index contributed by atoms with van der Waals surface area (Å²) in [5, 5.41) is 0. The first-order valence-corrected chi connectivity index (χ1v) is 5.94. The van der Waals surface area contributed by atoms with Crippen molar-refractivity contribution in [2.24, 2.45) is 0 Å². The van der Waals surface area contributed by atoms with Crippen molar-refractivity contribution in [1.82, 2.24) is 0 Å². The van der Waals surface area contributed by atoms with E-state index in [0.29, 0.717) is 5.57 Å². The van der Waals surface area contributed by atoms with Gasteiger partial charge < -0.3 is 4.74 Å². The lowest BCUT2D eigenvalue weighted by atomic mass is 10.1. The molecule has 3 nitrogen and oxygen atoms in total. The zero-order valence-electron chi connectivity index (χ0n) is 10.8. The van der Waals surface area contributed by atoms with Gasteiger partial charge in [0, 0.05) is 12.0 Å². The Kier molecular flexibility index (Phi) is 5.85. The third-order valence-electron chi connectivity index (χ3n) is 2.55. The Labute approximate surface area is 107 Å². The number of Topliss-reactive ketones (excluding diaryl/α,β-unsaturated/α-hetero) is 1. The highest BCUT2D eigenvalue weighted by atomic mass is 16.5. The van der Waals surface area contributed by atoms with Crippen molar-refractivity contribution in [1.29, 1.82) is 0 Å². The molecule has 0 atom stereocenters. The van der Waals surface area contributed by atoms with Crippen molar-refractivity contribution in [3.63, 3.8) is 0 Å². The standard InChI is InChI=1S/C15H18O3/c1-12(16)11-14(15(17)18-2)10-6-9-13-7-4-3-5-8-13/h3-5,7-8,10H,6,9,11H2,1-2H3/b14-10+. The molecule has 0 unspecified atom stereocenters. The molecule has 0 aromatic heterocycles. The second-order valence-corrected chi connectivity index (χ2v) is 4.12. The van der Waals surface area contributed by atoms with Gasteiger partial charge in [-0.15, -0.1) is 0 Å². The lowest BCUT2D eigenvalue weighted by Gasteiger charge is -2.03. The summed E-state index contributed by atoms with van der Waals surface area (Å²) in [5.41, 5.74) is 1.65. The number of methoxy groups -OCH3 is 1. The van der Waals surface area contributed by atoms with Crippen LogP contribution in [0.25, 0.3) is 0 Å². The van der Waals surface area contributed by atoms with Crippen LogP contribution in [0.1, 0.15) is 25.3 Å². The molecule has 0 bridgehead atoms. The zero-order chi connectivity index (χ0) is 13.4. The summed E-state index contributed by atoms with van der Waals surface area (Å²) in [5.74, 6) is -0.454. The summed E-state index contributed by atoms with van der Waals surface area (Å²) in [6, 6.07) is 10.0. The van der Waals surface area contributed by atoms with Crippen LogP contribution in [-0.4, -0.2) is 18.9 Å². The molecule has 1 aromatic rings. The van der Waals surface area contributed by atoms with Gasteiger partial charge in [-0.3, -0.25) is 4.79 Å². The first-order chi connectivity index (χ1) is 8.63. The third kappa shape index (κ3) is 4.95. The SMILES string of the molecule is COC(=O)/C(=C/CCc1ccccc1)CC(C)=O. The summed E-state index contributed by atoms with van der Waals surface area (Å²) >= 11 is 0. The number of aryl methyl sites for hydroxylation is 1. The molecule has 0 amide bonds. The number of carbonyl (C=O) groups excluding carboxylic acids is 2. The van der Waals surface area contributed by atoms with E-state index in [1.165, 1.54) is 19.6 Å². The van der Waals surface area contributed by atoms with Crippen LogP contribution in [-0.2, 0) is 20.7 Å². The molecule has 96 valence electrons. The molecule has 0 radical (unpaired) electrons. The van der Waals surface area contributed by atoms with Crippen molar-refractivity contribution >= 4 is 11.8 Å². The van der Waals surface area contributed by atoms with Gasteiger partial charge in [0.05, 0.1) is 7.11 Å². The fourth-order valence-corrected chi connectivity index (χ4v) is 1.68. The molecule has 0 fully saturated rings. The van der Waals surface area contributed by atoms with Crippen LogP contribution in [0.2, 0.25) is 0 Å².